The number of carbonyl (C=O) groups is 1. The van der Waals surface area contributed by atoms with Gasteiger partial charge < -0.3 is 21.4 Å². The zero-order valence-electron chi connectivity index (χ0n) is 15.5. The molecule has 0 spiro atoms. The van der Waals surface area contributed by atoms with Crippen molar-refractivity contribution in [3.63, 3.8) is 0 Å². The van der Waals surface area contributed by atoms with E-state index in [0.717, 1.165) is 17.1 Å². The molecule has 5 N–H and O–H groups in total. The van der Waals surface area contributed by atoms with Crippen molar-refractivity contribution in [2.45, 2.75) is 13.0 Å². The van der Waals surface area contributed by atoms with Crippen LogP contribution in [0.5, 0.6) is 0 Å². The van der Waals surface area contributed by atoms with Gasteiger partial charge in [-0.2, -0.15) is 0 Å². The van der Waals surface area contributed by atoms with Crippen molar-refractivity contribution in [3.05, 3.63) is 86.9 Å². The summed E-state index contributed by atoms with van der Waals surface area (Å²) in [6.45, 7) is 0.858. The Morgan fingerprint density at radius 2 is 1.93 bits per heavy atom. The number of halogens is 1. The molecule has 0 fully saturated rings. The zero-order valence-corrected chi connectivity index (χ0v) is 16.3. The molecule has 0 radical (unpaired) electrons. The number of para-hydroxylation sites is 2. The van der Waals surface area contributed by atoms with Crippen LogP contribution in [-0.2, 0) is 13.0 Å². The van der Waals surface area contributed by atoms with Crippen LogP contribution in [0.3, 0.4) is 0 Å². The Bertz CT molecular complexity index is 1140. The van der Waals surface area contributed by atoms with E-state index in [4.69, 9.17) is 17.3 Å². The second-order valence-corrected chi connectivity index (χ2v) is 7.28. The number of aromatic amines is 1. The lowest BCUT2D eigenvalue weighted by atomic mass is 10.1. The summed E-state index contributed by atoms with van der Waals surface area (Å²) in [5, 5.41) is 6.71. The Morgan fingerprint density at radius 3 is 2.69 bits per heavy atom. The van der Waals surface area contributed by atoms with Crippen molar-refractivity contribution in [1.82, 2.24) is 9.55 Å². The lowest BCUT2D eigenvalue weighted by molar-refractivity contribution is 0.102. The van der Waals surface area contributed by atoms with Crippen molar-refractivity contribution in [1.29, 1.82) is 0 Å². The summed E-state index contributed by atoms with van der Waals surface area (Å²) in [6, 6.07) is 14.2. The topological polar surface area (TPSA) is 105 Å². The lowest BCUT2D eigenvalue weighted by Crippen LogP contribution is -2.20. The van der Waals surface area contributed by atoms with Crippen LogP contribution in [-0.4, -0.2) is 22.0 Å². The number of hydrogen-bond acceptors (Lipinski definition) is 4. The molecule has 2 heterocycles. The number of hydrogen-bond donors (Lipinski definition) is 4. The normalized spacial score (nSPS) is 13.1. The molecule has 0 saturated carbocycles. The number of fused-ring (bicyclic) bond motifs is 1. The number of amides is 1. The monoisotopic (exact) mass is 409 g/mol. The minimum Gasteiger partial charge on any atom is -0.397 e. The van der Waals surface area contributed by atoms with Gasteiger partial charge in [0, 0.05) is 17.0 Å². The average molecular weight is 410 g/mol. The van der Waals surface area contributed by atoms with Gasteiger partial charge in [-0.05, 0) is 29.8 Å². The third-order valence-corrected chi connectivity index (χ3v) is 5.06. The number of nitrogen functional groups attached to an aromatic ring is 1. The molecule has 1 aliphatic heterocycles. The van der Waals surface area contributed by atoms with Crippen LogP contribution in [0.1, 0.15) is 21.6 Å². The van der Waals surface area contributed by atoms with E-state index in [1.54, 1.807) is 28.8 Å². The van der Waals surface area contributed by atoms with Crippen molar-refractivity contribution >= 4 is 34.7 Å². The highest BCUT2D eigenvalue weighted by atomic mass is 35.5. The molecule has 4 rings (SSSR count). The molecule has 1 aliphatic rings. The highest BCUT2D eigenvalue weighted by Crippen LogP contribution is 2.21. The molecule has 29 heavy (non-hydrogen) atoms. The SMILES string of the molecule is Nc1ccccc1NC(=O)c1ccc(Cn2c3c([nH]c2=O)CC=C(Cl)CN3)cc1. The molecule has 7 nitrogen and oxygen atoms in total. The largest absolute Gasteiger partial charge is 0.397 e. The fraction of sp³-hybridized carbons (Fsp3) is 0.143. The fourth-order valence-electron chi connectivity index (χ4n) is 3.22. The standard InChI is InChI=1S/C21H20ClN5O2/c22-15-9-10-18-19(24-11-15)27(21(29)26-18)12-13-5-7-14(8-6-13)20(28)25-17-4-2-1-3-16(17)23/h1-9,24H,10-12,23H2,(H,25,28)(H,26,29). The molecular formula is C21H20ClN5O2. The Kier molecular flexibility index (Phi) is 5.14. The summed E-state index contributed by atoms with van der Waals surface area (Å²) in [5.74, 6) is 0.493. The highest BCUT2D eigenvalue weighted by Gasteiger charge is 2.16. The molecular weight excluding hydrogens is 390 g/mol. The van der Waals surface area contributed by atoms with E-state index in [0.29, 0.717) is 41.5 Å². The second kappa shape index (κ2) is 7.89. The van der Waals surface area contributed by atoms with E-state index in [2.05, 4.69) is 15.6 Å². The van der Waals surface area contributed by atoms with Gasteiger partial charge in [0.05, 0.1) is 30.2 Å². The van der Waals surface area contributed by atoms with Gasteiger partial charge in [-0.15, -0.1) is 0 Å². The molecule has 3 aromatic rings. The van der Waals surface area contributed by atoms with Gasteiger partial charge >= 0.3 is 5.69 Å². The van der Waals surface area contributed by atoms with Crippen LogP contribution >= 0.6 is 11.6 Å². The summed E-state index contributed by atoms with van der Waals surface area (Å²) >= 11 is 6.09. The molecule has 0 saturated heterocycles. The maximum atomic E-state index is 12.5. The van der Waals surface area contributed by atoms with Gasteiger partial charge in [0.15, 0.2) is 0 Å². The van der Waals surface area contributed by atoms with Crippen molar-refractivity contribution in [2.24, 2.45) is 0 Å². The van der Waals surface area contributed by atoms with E-state index >= 15 is 0 Å². The zero-order chi connectivity index (χ0) is 20.4. The number of benzene rings is 2. The predicted octanol–water partition coefficient (Wildman–Crippen LogP) is 3.15. The number of nitrogens with two attached hydrogens (primary N) is 1. The van der Waals surface area contributed by atoms with Crippen LogP contribution in [0.25, 0.3) is 0 Å². The fourth-order valence-corrected chi connectivity index (χ4v) is 3.37. The summed E-state index contributed by atoms with van der Waals surface area (Å²) in [4.78, 5) is 27.7. The third-order valence-electron chi connectivity index (χ3n) is 4.78. The average Bonchev–Trinajstić information content (AvgIpc) is 2.89. The first kappa shape index (κ1) is 18.9. The number of allylic oxidation sites excluding steroid dienone is 1. The third kappa shape index (κ3) is 4.05. The second-order valence-electron chi connectivity index (χ2n) is 6.79. The maximum absolute atomic E-state index is 12.5. The van der Waals surface area contributed by atoms with Gasteiger partial charge in [0.25, 0.3) is 5.91 Å². The molecule has 1 aromatic heterocycles. The summed E-state index contributed by atoms with van der Waals surface area (Å²) in [7, 11) is 0. The molecule has 8 heteroatoms. The van der Waals surface area contributed by atoms with Crippen LogP contribution in [0.2, 0.25) is 0 Å². The minimum absolute atomic E-state index is 0.185. The number of rotatable bonds is 4. The van der Waals surface area contributed by atoms with Gasteiger partial charge in [-0.3, -0.25) is 9.36 Å². The van der Waals surface area contributed by atoms with Crippen LogP contribution in [0.4, 0.5) is 17.2 Å². The Balaban J connectivity index is 1.50. The van der Waals surface area contributed by atoms with Crippen LogP contribution in [0, 0.1) is 0 Å². The number of anilines is 3. The summed E-state index contributed by atoms with van der Waals surface area (Å²) < 4.78 is 1.64. The minimum atomic E-state index is -0.246. The molecule has 148 valence electrons. The summed E-state index contributed by atoms with van der Waals surface area (Å²) in [5.41, 5.74) is 8.97. The smallest absolute Gasteiger partial charge is 0.327 e. The van der Waals surface area contributed by atoms with Crippen LogP contribution in [0.15, 0.2) is 64.4 Å². The quantitative estimate of drug-likeness (QED) is 0.497. The van der Waals surface area contributed by atoms with Crippen molar-refractivity contribution in [2.75, 3.05) is 22.9 Å². The molecule has 0 aliphatic carbocycles. The van der Waals surface area contributed by atoms with E-state index in [9.17, 15) is 9.59 Å². The van der Waals surface area contributed by atoms with E-state index in [1.807, 2.05) is 30.3 Å². The van der Waals surface area contributed by atoms with Crippen molar-refractivity contribution < 1.29 is 4.79 Å². The first-order valence-corrected chi connectivity index (χ1v) is 9.54. The number of aromatic nitrogens is 2. The number of carbonyl (C=O) groups excluding carboxylic acids is 1. The van der Waals surface area contributed by atoms with E-state index in [-0.39, 0.29) is 11.6 Å². The maximum Gasteiger partial charge on any atom is 0.327 e. The predicted molar refractivity (Wildman–Crippen MR) is 116 cm³/mol. The highest BCUT2D eigenvalue weighted by molar-refractivity contribution is 6.30. The molecule has 0 bridgehead atoms. The van der Waals surface area contributed by atoms with Gasteiger partial charge in [-0.25, -0.2) is 4.79 Å². The van der Waals surface area contributed by atoms with Crippen LogP contribution < -0.4 is 22.1 Å². The number of imidazole rings is 1. The molecule has 1 amide bonds. The summed E-state index contributed by atoms with van der Waals surface area (Å²) in [6.07, 6.45) is 2.46. The number of nitrogens with zero attached hydrogens (tertiary/aromatic N) is 1. The Morgan fingerprint density at radius 1 is 1.17 bits per heavy atom. The Hall–Kier alpha value is -3.45. The first-order valence-electron chi connectivity index (χ1n) is 9.16. The number of nitrogens with one attached hydrogen (secondary N) is 3. The van der Waals surface area contributed by atoms with Crippen molar-refractivity contribution in [3.8, 4) is 0 Å². The molecule has 0 atom stereocenters. The number of H-pyrrole nitrogens is 1. The Labute approximate surface area is 172 Å². The lowest BCUT2D eigenvalue weighted by Gasteiger charge is -2.11. The van der Waals surface area contributed by atoms with E-state index < -0.39 is 0 Å². The van der Waals surface area contributed by atoms with Gasteiger partial charge in [0.1, 0.15) is 5.82 Å². The molecule has 2 aromatic carbocycles. The molecule has 0 unspecified atom stereocenters. The van der Waals surface area contributed by atoms with Gasteiger partial charge in [0.2, 0.25) is 0 Å². The first-order chi connectivity index (χ1) is 14.0. The van der Waals surface area contributed by atoms with Gasteiger partial charge in [-0.1, -0.05) is 41.9 Å². The van der Waals surface area contributed by atoms with E-state index in [1.165, 1.54) is 0 Å².